The molecule has 0 unspecified atom stereocenters. The molecule has 0 radical (unpaired) electrons. The van der Waals surface area contributed by atoms with Crippen LogP contribution in [0.25, 0.3) is 15.6 Å². The zero-order valence-electron chi connectivity index (χ0n) is 12.5. The van der Waals surface area contributed by atoms with Gasteiger partial charge in [0.25, 0.3) is 4.83 Å². The molecule has 2 aromatic heterocycles. The van der Waals surface area contributed by atoms with Gasteiger partial charge in [-0.05, 0) is 34.3 Å². The highest BCUT2D eigenvalue weighted by molar-refractivity contribution is 7.21. The molecule has 4 rings (SSSR count). The van der Waals surface area contributed by atoms with E-state index in [0.29, 0.717) is 16.3 Å². The zero-order chi connectivity index (χ0) is 16.5. The van der Waals surface area contributed by atoms with Crippen molar-refractivity contribution in [3.05, 3.63) is 78.1 Å². The van der Waals surface area contributed by atoms with E-state index in [0.717, 1.165) is 15.6 Å². The number of aromatic nitrogens is 1. The van der Waals surface area contributed by atoms with Gasteiger partial charge in [0.2, 0.25) is 5.00 Å². The summed E-state index contributed by atoms with van der Waals surface area (Å²) in [6.45, 7) is 0. The third kappa shape index (κ3) is 2.30. The number of benzene rings is 2. The summed E-state index contributed by atoms with van der Waals surface area (Å²) in [5, 5.41) is 24.4. The van der Waals surface area contributed by atoms with Crippen molar-refractivity contribution in [3.63, 3.8) is 0 Å². The van der Waals surface area contributed by atoms with Gasteiger partial charge in [-0.15, -0.1) is 4.40 Å². The molecule has 4 nitrogen and oxygen atoms in total. The average Bonchev–Trinajstić information content (AvgIpc) is 3.00. The van der Waals surface area contributed by atoms with Gasteiger partial charge in [-0.1, -0.05) is 48.5 Å². The molecule has 0 aliphatic carbocycles. The highest BCUT2D eigenvalue weighted by atomic mass is 32.1. The molecule has 0 aliphatic heterocycles. The number of aliphatic imine (C=N–C) groups is 1. The van der Waals surface area contributed by atoms with Crippen LogP contribution in [0.1, 0.15) is 11.3 Å². The van der Waals surface area contributed by atoms with Gasteiger partial charge in [0, 0.05) is 6.07 Å². The van der Waals surface area contributed by atoms with Gasteiger partial charge in [-0.3, -0.25) is 0 Å². The van der Waals surface area contributed by atoms with Gasteiger partial charge < -0.3 is 5.11 Å². The minimum absolute atomic E-state index is 0.344. The molecule has 0 atom stereocenters. The molecule has 0 amide bonds. The fourth-order valence-electron chi connectivity index (χ4n) is 2.63. The van der Waals surface area contributed by atoms with Crippen molar-refractivity contribution < 1.29 is 9.51 Å². The monoisotopic (exact) mass is 329 g/mol. The molecule has 0 saturated heterocycles. The summed E-state index contributed by atoms with van der Waals surface area (Å²) in [5.74, 6) is -0.344. The summed E-state index contributed by atoms with van der Waals surface area (Å²) in [6, 6.07) is 20.9. The van der Waals surface area contributed by atoms with E-state index < -0.39 is 0 Å². The van der Waals surface area contributed by atoms with Gasteiger partial charge in [0.15, 0.2) is 12.3 Å². The van der Waals surface area contributed by atoms with Crippen LogP contribution >= 0.6 is 11.3 Å². The lowest BCUT2D eigenvalue weighted by molar-refractivity contribution is -0.508. The highest BCUT2D eigenvalue weighted by Gasteiger charge is 2.22. The number of hydrogen-bond acceptors (Lipinski definition) is 4. The van der Waals surface area contributed by atoms with Gasteiger partial charge in [-0.25, -0.2) is 4.99 Å². The summed E-state index contributed by atoms with van der Waals surface area (Å²) in [6.07, 6.45) is 1.85. The first-order chi connectivity index (χ1) is 11.8. The molecule has 0 aliphatic rings. The van der Waals surface area contributed by atoms with Crippen LogP contribution in [0.5, 0.6) is 0 Å². The summed E-state index contributed by atoms with van der Waals surface area (Å²) in [5.41, 5.74) is 0.888. The van der Waals surface area contributed by atoms with E-state index in [9.17, 15) is 10.4 Å². The van der Waals surface area contributed by atoms with Crippen molar-refractivity contribution in [1.82, 2.24) is 0 Å². The Morgan fingerprint density at radius 1 is 1.04 bits per heavy atom. The molecule has 2 heterocycles. The first kappa shape index (κ1) is 14.4. The van der Waals surface area contributed by atoms with Gasteiger partial charge >= 0.3 is 5.69 Å². The molecule has 114 valence electrons. The molecule has 5 heteroatoms. The van der Waals surface area contributed by atoms with Crippen LogP contribution in [-0.2, 0) is 0 Å². The minimum atomic E-state index is -0.344. The summed E-state index contributed by atoms with van der Waals surface area (Å²) in [7, 11) is 0. The number of pyridine rings is 1. The normalized spacial score (nSPS) is 11.7. The summed E-state index contributed by atoms with van der Waals surface area (Å²) < 4.78 is 1.80. The van der Waals surface area contributed by atoms with Crippen LogP contribution < -0.4 is 9.51 Å². The standard InChI is InChI=1S/C19H11N3OS/c20-12-16-18(21-17(23)14-7-2-1-3-8-14)24-19-15-9-5-4-6-13(15)10-11-22(16)19/h1-11H. The summed E-state index contributed by atoms with van der Waals surface area (Å²) >= 11 is 1.35. The minimum Gasteiger partial charge on any atom is -0.858 e. The quantitative estimate of drug-likeness (QED) is 0.322. The second-order valence-corrected chi connectivity index (χ2v) is 6.21. The molecular formula is C19H11N3OS. The largest absolute Gasteiger partial charge is 0.858 e. The van der Waals surface area contributed by atoms with E-state index in [4.69, 9.17) is 0 Å². The molecule has 0 bridgehead atoms. The molecule has 0 saturated carbocycles. The lowest BCUT2D eigenvalue weighted by Gasteiger charge is -2.08. The summed E-state index contributed by atoms with van der Waals surface area (Å²) in [4.78, 5) is 5.09. The van der Waals surface area contributed by atoms with Crippen molar-refractivity contribution >= 4 is 37.8 Å². The molecule has 4 aromatic rings. The molecule has 0 fully saturated rings. The van der Waals surface area contributed by atoms with Crippen molar-refractivity contribution in [2.24, 2.45) is 4.99 Å². The van der Waals surface area contributed by atoms with Gasteiger partial charge in [0.1, 0.15) is 0 Å². The van der Waals surface area contributed by atoms with Crippen LogP contribution in [0, 0.1) is 11.3 Å². The number of hydrogen-bond donors (Lipinski definition) is 0. The number of rotatable bonds is 2. The Bertz CT molecular complexity index is 1120. The Kier molecular flexibility index (Phi) is 3.45. The Labute approximate surface area is 142 Å². The van der Waals surface area contributed by atoms with E-state index in [1.54, 1.807) is 28.7 Å². The molecule has 0 N–H and O–H groups in total. The SMILES string of the molecule is N#Cc1c(/N=C(\[O-])c2ccccc2)sc2c3ccccc3cc[n+]12. The maximum absolute atomic E-state index is 12.3. The fraction of sp³-hybridized carbons (Fsp3) is 0. The molecule has 2 aromatic carbocycles. The third-order valence-corrected chi connectivity index (χ3v) is 4.87. The molecular weight excluding hydrogens is 318 g/mol. The predicted octanol–water partition coefficient (Wildman–Crippen LogP) is 2.95. The van der Waals surface area contributed by atoms with Crippen LogP contribution in [0.4, 0.5) is 5.00 Å². The Hall–Kier alpha value is -3.23. The smallest absolute Gasteiger partial charge is 0.326 e. The molecule has 0 spiro atoms. The van der Waals surface area contributed by atoms with E-state index in [1.165, 1.54) is 11.3 Å². The first-order valence-electron chi connectivity index (χ1n) is 7.35. The Balaban J connectivity index is 1.96. The highest BCUT2D eigenvalue weighted by Crippen LogP contribution is 2.31. The van der Waals surface area contributed by atoms with Crippen molar-refractivity contribution in [1.29, 1.82) is 5.26 Å². The molecule has 24 heavy (non-hydrogen) atoms. The number of fused-ring (bicyclic) bond motifs is 3. The van der Waals surface area contributed by atoms with Crippen molar-refractivity contribution in [2.75, 3.05) is 0 Å². The topological polar surface area (TPSA) is 63.3 Å². The lowest BCUT2D eigenvalue weighted by Crippen LogP contribution is -2.22. The van der Waals surface area contributed by atoms with Crippen LogP contribution in [-0.4, -0.2) is 5.90 Å². The van der Waals surface area contributed by atoms with Crippen LogP contribution in [0.2, 0.25) is 0 Å². The fourth-order valence-corrected chi connectivity index (χ4v) is 3.73. The number of nitrogens with zero attached hydrogens (tertiary/aromatic N) is 3. The first-order valence-corrected chi connectivity index (χ1v) is 8.17. The van der Waals surface area contributed by atoms with E-state index in [-0.39, 0.29) is 5.90 Å². The van der Waals surface area contributed by atoms with E-state index in [2.05, 4.69) is 11.1 Å². The maximum atomic E-state index is 12.3. The number of nitriles is 1. The second-order valence-electron chi connectivity index (χ2n) is 5.23. The van der Waals surface area contributed by atoms with Crippen molar-refractivity contribution in [3.8, 4) is 6.07 Å². The van der Waals surface area contributed by atoms with Crippen LogP contribution in [0.3, 0.4) is 0 Å². The third-order valence-electron chi connectivity index (χ3n) is 3.78. The average molecular weight is 329 g/mol. The Morgan fingerprint density at radius 3 is 2.58 bits per heavy atom. The lowest BCUT2D eigenvalue weighted by atomic mass is 10.2. The van der Waals surface area contributed by atoms with E-state index in [1.807, 2.05) is 42.6 Å². The Morgan fingerprint density at radius 2 is 1.79 bits per heavy atom. The number of thiazole rings is 1. The second kappa shape index (κ2) is 5.76. The van der Waals surface area contributed by atoms with Gasteiger partial charge in [0.05, 0.1) is 5.39 Å². The zero-order valence-corrected chi connectivity index (χ0v) is 13.3. The predicted molar refractivity (Wildman–Crippen MR) is 92.3 cm³/mol. The van der Waals surface area contributed by atoms with Gasteiger partial charge in [-0.2, -0.15) is 5.26 Å². The van der Waals surface area contributed by atoms with Crippen molar-refractivity contribution in [2.45, 2.75) is 0 Å². The maximum Gasteiger partial charge on any atom is 0.326 e. The van der Waals surface area contributed by atoms with E-state index >= 15 is 0 Å². The van der Waals surface area contributed by atoms with Crippen LogP contribution in [0.15, 0.2) is 71.9 Å².